The van der Waals surface area contributed by atoms with E-state index < -0.39 is 11.7 Å². The molecule has 0 saturated carbocycles. The average Bonchev–Trinajstić information content (AvgIpc) is 2.92. The minimum atomic E-state index is -0.660. The fourth-order valence-corrected chi connectivity index (χ4v) is 2.59. The molecule has 0 atom stereocenters. The van der Waals surface area contributed by atoms with Crippen LogP contribution in [0.5, 0.6) is 5.88 Å². The van der Waals surface area contributed by atoms with Crippen LogP contribution in [0.4, 0.5) is 4.79 Å². The van der Waals surface area contributed by atoms with Gasteiger partial charge in [-0.15, -0.1) is 0 Å². The topological polar surface area (TPSA) is 73.6 Å². The molecule has 7 heteroatoms. The molecule has 1 N–H and O–H groups in total. The van der Waals surface area contributed by atoms with Crippen molar-refractivity contribution in [1.82, 2.24) is 9.55 Å². The van der Waals surface area contributed by atoms with E-state index in [1.54, 1.807) is 39.1 Å². The molecule has 0 bridgehead atoms. The molecule has 0 saturated heterocycles. The van der Waals surface area contributed by atoms with Gasteiger partial charge < -0.3 is 14.4 Å². The first-order valence-corrected chi connectivity index (χ1v) is 7.82. The molecule has 0 aliphatic carbocycles. The van der Waals surface area contributed by atoms with E-state index in [-0.39, 0.29) is 5.88 Å². The highest BCUT2D eigenvalue weighted by atomic mass is 16.6. The van der Waals surface area contributed by atoms with E-state index >= 15 is 0 Å². The lowest BCUT2D eigenvalue weighted by atomic mass is 10.1. The number of pyridine rings is 1. The zero-order chi connectivity index (χ0) is 18.0. The molecule has 0 amide bonds. The molecular formula is C18H18BN2O4. The number of benzene rings is 1. The summed E-state index contributed by atoms with van der Waals surface area (Å²) in [6, 6.07) is 12.8. The van der Waals surface area contributed by atoms with Crippen LogP contribution in [0.2, 0.25) is 0 Å². The van der Waals surface area contributed by atoms with E-state index in [9.17, 15) is 4.79 Å². The Kier molecular flexibility index (Phi) is 4.50. The van der Waals surface area contributed by atoms with Crippen molar-refractivity contribution < 1.29 is 19.2 Å². The molecular weight excluding hydrogens is 319 g/mol. The van der Waals surface area contributed by atoms with Crippen molar-refractivity contribution in [2.24, 2.45) is 0 Å². The van der Waals surface area contributed by atoms with Gasteiger partial charge in [-0.1, -0.05) is 18.2 Å². The highest BCUT2D eigenvalue weighted by molar-refractivity contribution is 6.17. The highest BCUT2D eigenvalue weighted by Gasteiger charge is 2.24. The predicted molar refractivity (Wildman–Crippen MR) is 95.4 cm³/mol. The summed E-state index contributed by atoms with van der Waals surface area (Å²) < 4.78 is 11.9. The molecule has 3 rings (SSSR count). The lowest BCUT2D eigenvalue weighted by Gasteiger charge is -2.20. The molecule has 0 fully saturated rings. The SMILES string of the molecule is CC(C)(C)OC(=O)n1c(O[B]O)cc2c(-c3ccccn3)cccc21. The summed E-state index contributed by atoms with van der Waals surface area (Å²) >= 11 is 0. The molecule has 0 aliphatic heterocycles. The van der Waals surface area contributed by atoms with Crippen molar-refractivity contribution in [2.45, 2.75) is 26.4 Å². The van der Waals surface area contributed by atoms with Crippen LogP contribution in [0.25, 0.3) is 22.2 Å². The van der Waals surface area contributed by atoms with E-state index in [0.717, 1.165) is 16.6 Å². The summed E-state index contributed by atoms with van der Waals surface area (Å²) in [7, 11) is 0.537. The third kappa shape index (κ3) is 3.51. The van der Waals surface area contributed by atoms with Crippen molar-refractivity contribution in [3.63, 3.8) is 0 Å². The summed E-state index contributed by atoms with van der Waals surface area (Å²) in [5.74, 6) is 0.162. The van der Waals surface area contributed by atoms with Crippen molar-refractivity contribution in [3.05, 3.63) is 48.7 Å². The number of fused-ring (bicyclic) bond motifs is 1. The van der Waals surface area contributed by atoms with Crippen molar-refractivity contribution in [3.8, 4) is 17.1 Å². The molecule has 0 aliphatic rings. The number of hydrogen-bond acceptors (Lipinski definition) is 5. The summed E-state index contributed by atoms with van der Waals surface area (Å²) in [5.41, 5.74) is 1.57. The third-order valence-electron chi connectivity index (χ3n) is 3.50. The second kappa shape index (κ2) is 6.60. The van der Waals surface area contributed by atoms with E-state index in [2.05, 4.69) is 4.98 Å². The van der Waals surface area contributed by atoms with Gasteiger partial charge in [-0.05, 0) is 39.0 Å². The number of hydrogen-bond donors (Lipinski definition) is 1. The summed E-state index contributed by atoms with van der Waals surface area (Å²) in [6.45, 7) is 5.36. The van der Waals surface area contributed by atoms with Gasteiger partial charge in [-0.25, -0.2) is 9.36 Å². The Morgan fingerprint density at radius 2 is 2.00 bits per heavy atom. The van der Waals surface area contributed by atoms with Crippen LogP contribution in [-0.2, 0) is 4.74 Å². The summed E-state index contributed by atoms with van der Waals surface area (Å²) in [5, 5.41) is 9.81. The molecule has 2 heterocycles. The van der Waals surface area contributed by atoms with Crippen molar-refractivity contribution >= 4 is 24.7 Å². The summed E-state index contributed by atoms with van der Waals surface area (Å²) in [6.07, 6.45) is 1.12. The van der Waals surface area contributed by atoms with Crippen LogP contribution in [0.15, 0.2) is 48.7 Å². The molecule has 127 valence electrons. The van der Waals surface area contributed by atoms with Gasteiger partial charge in [0.1, 0.15) is 5.60 Å². The molecule has 3 aromatic rings. The lowest BCUT2D eigenvalue weighted by Crippen LogP contribution is -2.27. The number of carbonyl (C=O) groups excluding carboxylic acids is 1. The molecule has 2 aromatic heterocycles. The molecule has 0 spiro atoms. The van der Waals surface area contributed by atoms with Gasteiger partial charge in [0.2, 0.25) is 0 Å². The van der Waals surface area contributed by atoms with Crippen LogP contribution in [0, 0.1) is 0 Å². The predicted octanol–water partition coefficient (Wildman–Crippen LogP) is 3.39. The zero-order valence-corrected chi connectivity index (χ0v) is 14.3. The van der Waals surface area contributed by atoms with Gasteiger partial charge in [0.05, 0.1) is 11.2 Å². The average molecular weight is 337 g/mol. The molecule has 1 radical (unpaired) electrons. The number of rotatable bonds is 3. The van der Waals surface area contributed by atoms with Crippen LogP contribution < -0.4 is 4.65 Å². The number of aromatic nitrogens is 2. The number of nitrogens with zero attached hydrogens (tertiary/aromatic N) is 2. The van der Waals surface area contributed by atoms with Crippen molar-refractivity contribution in [1.29, 1.82) is 0 Å². The standard InChI is InChI=1S/C18H18BN2O4/c1-18(2,3)24-17(22)21-15-9-6-7-12(14-8-4-5-10-20-14)13(15)11-16(21)25-19-23/h4-11,23H,1-3H3. The highest BCUT2D eigenvalue weighted by Crippen LogP contribution is 2.33. The maximum atomic E-state index is 12.6. The first-order chi connectivity index (χ1) is 11.9. The van der Waals surface area contributed by atoms with Crippen molar-refractivity contribution in [2.75, 3.05) is 0 Å². The van der Waals surface area contributed by atoms with Gasteiger partial charge in [-0.3, -0.25) is 4.98 Å². The zero-order valence-electron chi connectivity index (χ0n) is 14.3. The second-order valence-electron chi connectivity index (χ2n) is 6.47. The molecule has 0 unspecified atom stereocenters. The number of carbonyl (C=O) groups is 1. The fourth-order valence-electron chi connectivity index (χ4n) is 2.59. The Morgan fingerprint density at radius 1 is 1.20 bits per heavy atom. The normalized spacial score (nSPS) is 11.4. The van der Waals surface area contributed by atoms with Crippen LogP contribution in [0.1, 0.15) is 20.8 Å². The molecule has 1 aromatic carbocycles. The Labute approximate surface area is 146 Å². The quantitative estimate of drug-likeness (QED) is 0.742. The molecule has 6 nitrogen and oxygen atoms in total. The second-order valence-corrected chi connectivity index (χ2v) is 6.47. The Hall–Kier alpha value is -2.80. The Balaban J connectivity index is 2.19. The van der Waals surface area contributed by atoms with Crippen LogP contribution in [0.3, 0.4) is 0 Å². The lowest BCUT2D eigenvalue weighted by molar-refractivity contribution is 0.0537. The van der Waals surface area contributed by atoms with E-state index in [1.165, 1.54) is 4.57 Å². The van der Waals surface area contributed by atoms with E-state index in [4.69, 9.17) is 14.4 Å². The largest absolute Gasteiger partial charge is 0.570 e. The van der Waals surface area contributed by atoms with Gasteiger partial charge in [0, 0.05) is 23.2 Å². The van der Waals surface area contributed by atoms with Crippen LogP contribution >= 0.6 is 0 Å². The molecule has 25 heavy (non-hydrogen) atoms. The first-order valence-electron chi connectivity index (χ1n) is 7.82. The minimum absolute atomic E-state index is 0.162. The maximum Gasteiger partial charge on any atom is 0.570 e. The smallest absolute Gasteiger partial charge is 0.524 e. The third-order valence-corrected chi connectivity index (χ3v) is 3.50. The van der Waals surface area contributed by atoms with Crippen LogP contribution in [-0.4, -0.2) is 34.0 Å². The Morgan fingerprint density at radius 3 is 2.64 bits per heavy atom. The van der Waals surface area contributed by atoms with Gasteiger partial charge >= 0.3 is 13.8 Å². The first kappa shape index (κ1) is 17.0. The van der Waals surface area contributed by atoms with Gasteiger partial charge in [0.25, 0.3) is 0 Å². The fraction of sp³-hybridized carbons (Fsp3) is 0.222. The van der Waals surface area contributed by atoms with Gasteiger partial charge in [-0.2, -0.15) is 0 Å². The van der Waals surface area contributed by atoms with E-state index in [1.807, 2.05) is 30.3 Å². The monoisotopic (exact) mass is 337 g/mol. The summed E-state index contributed by atoms with van der Waals surface area (Å²) in [4.78, 5) is 17.0. The van der Waals surface area contributed by atoms with Gasteiger partial charge in [0.15, 0.2) is 5.88 Å². The maximum absolute atomic E-state index is 12.6. The number of ether oxygens (including phenoxy) is 1. The minimum Gasteiger partial charge on any atom is -0.524 e. The van der Waals surface area contributed by atoms with E-state index in [0.29, 0.717) is 13.2 Å². The Bertz CT molecular complexity index is 901.